The Kier molecular flexibility index (Phi) is 3.73. The van der Waals surface area contributed by atoms with Gasteiger partial charge in [-0.1, -0.05) is 25.1 Å². The molecule has 1 aliphatic rings. The molecule has 0 bridgehead atoms. The molecule has 0 radical (unpaired) electrons. The molecule has 1 aromatic carbocycles. The second kappa shape index (κ2) is 5.68. The molecule has 0 saturated heterocycles. The lowest BCUT2D eigenvalue weighted by Gasteiger charge is -2.11. The Morgan fingerprint density at radius 1 is 1.38 bits per heavy atom. The summed E-state index contributed by atoms with van der Waals surface area (Å²) in [6, 6.07) is 9.79. The van der Waals surface area contributed by atoms with Gasteiger partial charge in [0.25, 0.3) is 5.82 Å². The monoisotopic (exact) mass is 285 g/mol. The minimum Gasteiger partial charge on any atom is -0.460 e. The van der Waals surface area contributed by atoms with E-state index in [2.05, 4.69) is 17.0 Å². The van der Waals surface area contributed by atoms with Gasteiger partial charge in [0.05, 0.1) is 12.3 Å². The Bertz CT molecular complexity index is 632. The number of para-hydroxylation sites is 1. The first-order valence-electron chi connectivity index (χ1n) is 7.40. The van der Waals surface area contributed by atoms with Gasteiger partial charge in [0.15, 0.2) is 0 Å². The Labute approximate surface area is 124 Å². The molecule has 5 nitrogen and oxygen atoms in total. The van der Waals surface area contributed by atoms with Crippen molar-refractivity contribution in [1.82, 2.24) is 14.8 Å². The highest BCUT2D eigenvalue weighted by Crippen LogP contribution is 2.42. The third kappa shape index (κ3) is 2.82. The molecule has 0 spiro atoms. The van der Waals surface area contributed by atoms with Crippen molar-refractivity contribution in [2.45, 2.75) is 32.6 Å². The van der Waals surface area contributed by atoms with Crippen LogP contribution >= 0.6 is 0 Å². The summed E-state index contributed by atoms with van der Waals surface area (Å²) >= 11 is 0. The average Bonchev–Trinajstić information content (AvgIpc) is 3.26. The molecule has 2 aromatic rings. The van der Waals surface area contributed by atoms with E-state index in [4.69, 9.17) is 4.74 Å². The Hall–Kier alpha value is -2.17. The van der Waals surface area contributed by atoms with Gasteiger partial charge in [-0.05, 0) is 37.8 Å². The molecule has 110 valence electrons. The zero-order valence-corrected chi connectivity index (χ0v) is 12.3. The average molecular weight is 285 g/mol. The number of hydrogen-bond donors (Lipinski definition) is 0. The van der Waals surface area contributed by atoms with Crippen molar-refractivity contribution < 1.29 is 9.53 Å². The molecule has 0 N–H and O–H groups in total. The van der Waals surface area contributed by atoms with Crippen LogP contribution in [-0.4, -0.2) is 27.3 Å². The number of hydrogen-bond acceptors (Lipinski definition) is 4. The summed E-state index contributed by atoms with van der Waals surface area (Å²) < 4.78 is 6.78. The first kappa shape index (κ1) is 13.8. The highest BCUT2D eigenvalue weighted by Gasteiger charge is 2.33. The van der Waals surface area contributed by atoms with Crippen LogP contribution in [0.15, 0.2) is 30.3 Å². The van der Waals surface area contributed by atoms with E-state index in [-0.39, 0.29) is 5.82 Å². The molecule has 1 fully saturated rings. The third-order valence-corrected chi connectivity index (χ3v) is 3.83. The predicted molar refractivity (Wildman–Crippen MR) is 78.5 cm³/mol. The Morgan fingerprint density at radius 2 is 2.10 bits per heavy atom. The highest BCUT2D eigenvalue weighted by atomic mass is 16.5. The van der Waals surface area contributed by atoms with Crippen LogP contribution in [0, 0.1) is 5.92 Å². The number of ether oxygens (including phenoxy) is 1. The fourth-order valence-corrected chi connectivity index (χ4v) is 2.47. The van der Waals surface area contributed by atoms with E-state index in [0.717, 1.165) is 11.5 Å². The quantitative estimate of drug-likeness (QED) is 0.792. The van der Waals surface area contributed by atoms with Gasteiger partial charge in [-0.15, -0.1) is 5.10 Å². The molecular weight excluding hydrogens is 266 g/mol. The molecule has 3 rings (SSSR count). The van der Waals surface area contributed by atoms with Crippen LogP contribution in [0.1, 0.15) is 49.1 Å². The summed E-state index contributed by atoms with van der Waals surface area (Å²) in [6.45, 7) is 4.25. The van der Waals surface area contributed by atoms with Gasteiger partial charge in [-0.3, -0.25) is 0 Å². The van der Waals surface area contributed by atoms with Crippen molar-refractivity contribution in [2.24, 2.45) is 5.92 Å². The third-order valence-electron chi connectivity index (χ3n) is 3.83. The van der Waals surface area contributed by atoms with Crippen molar-refractivity contribution in [3.05, 3.63) is 42.0 Å². The number of benzene rings is 1. The second-order valence-corrected chi connectivity index (χ2v) is 5.39. The van der Waals surface area contributed by atoms with Gasteiger partial charge in [0.1, 0.15) is 5.82 Å². The van der Waals surface area contributed by atoms with Crippen LogP contribution < -0.4 is 0 Å². The van der Waals surface area contributed by atoms with E-state index in [0.29, 0.717) is 18.4 Å². The summed E-state index contributed by atoms with van der Waals surface area (Å²) in [5.74, 6) is 1.46. The number of nitrogens with zero attached hydrogens (tertiary/aromatic N) is 3. The van der Waals surface area contributed by atoms with Crippen molar-refractivity contribution in [3.8, 4) is 5.69 Å². The maximum absolute atomic E-state index is 11.9. The van der Waals surface area contributed by atoms with E-state index < -0.39 is 5.97 Å². The number of esters is 1. The summed E-state index contributed by atoms with van der Waals surface area (Å²) in [6.07, 6.45) is 2.44. The minimum atomic E-state index is -0.462. The molecule has 5 heteroatoms. The standard InChI is InChI=1S/C16H19N3O2/c1-3-21-16(20)14-17-15(11(2)12-9-10-12)19(18-14)13-7-5-4-6-8-13/h4-8,11-12H,3,9-10H2,1-2H3. The van der Waals surface area contributed by atoms with Gasteiger partial charge in [-0.2, -0.15) is 0 Å². The first-order chi connectivity index (χ1) is 10.2. The van der Waals surface area contributed by atoms with E-state index in [1.54, 1.807) is 11.6 Å². The normalized spacial score (nSPS) is 15.7. The van der Waals surface area contributed by atoms with Crippen molar-refractivity contribution >= 4 is 5.97 Å². The molecule has 1 aromatic heterocycles. The zero-order chi connectivity index (χ0) is 14.8. The van der Waals surface area contributed by atoms with E-state index in [1.165, 1.54) is 12.8 Å². The largest absolute Gasteiger partial charge is 0.460 e. The lowest BCUT2D eigenvalue weighted by molar-refractivity contribution is 0.0512. The van der Waals surface area contributed by atoms with Gasteiger partial charge < -0.3 is 4.74 Å². The Morgan fingerprint density at radius 3 is 2.71 bits per heavy atom. The SMILES string of the molecule is CCOC(=O)c1nc(C(C)C2CC2)n(-c2ccccc2)n1. The van der Waals surface area contributed by atoms with Crippen LogP contribution in [-0.2, 0) is 4.74 Å². The first-order valence-corrected chi connectivity index (χ1v) is 7.40. The summed E-state index contributed by atoms with van der Waals surface area (Å²) in [4.78, 5) is 16.3. The van der Waals surface area contributed by atoms with Gasteiger partial charge in [0.2, 0.25) is 0 Å². The fraction of sp³-hybridized carbons (Fsp3) is 0.438. The maximum Gasteiger partial charge on any atom is 0.378 e. The number of carbonyl (C=O) groups excluding carboxylic acids is 1. The van der Waals surface area contributed by atoms with Crippen LogP contribution in [0.4, 0.5) is 0 Å². The van der Waals surface area contributed by atoms with E-state index in [9.17, 15) is 4.79 Å². The molecule has 1 atom stereocenters. The van der Waals surface area contributed by atoms with Gasteiger partial charge in [-0.25, -0.2) is 14.5 Å². The smallest absolute Gasteiger partial charge is 0.378 e. The molecular formula is C16H19N3O2. The second-order valence-electron chi connectivity index (χ2n) is 5.39. The summed E-state index contributed by atoms with van der Waals surface area (Å²) in [5, 5.41) is 4.36. The van der Waals surface area contributed by atoms with Crippen molar-refractivity contribution in [2.75, 3.05) is 6.61 Å². The number of rotatable bonds is 5. The summed E-state index contributed by atoms with van der Waals surface area (Å²) in [7, 11) is 0. The fourth-order valence-electron chi connectivity index (χ4n) is 2.47. The molecule has 1 saturated carbocycles. The van der Waals surface area contributed by atoms with Gasteiger partial charge in [0, 0.05) is 5.92 Å². The molecule has 21 heavy (non-hydrogen) atoms. The molecule has 0 amide bonds. The topological polar surface area (TPSA) is 57.0 Å². The van der Waals surface area contributed by atoms with Crippen molar-refractivity contribution in [1.29, 1.82) is 0 Å². The van der Waals surface area contributed by atoms with Crippen LogP contribution in [0.25, 0.3) is 5.69 Å². The van der Waals surface area contributed by atoms with E-state index in [1.807, 2.05) is 30.3 Å². The number of carbonyl (C=O) groups is 1. The lowest BCUT2D eigenvalue weighted by Crippen LogP contribution is -2.08. The van der Waals surface area contributed by atoms with Crippen LogP contribution in [0.2, 0.25) is 0 Å². The van der Waals surface area contributed by atoms with Gasteiger partial charge >= 0.3 is 5.97 Å². The molecule has 1 aliphatic carbocycles. The summed E-state index contributed by atoms with van der Waals surface area (Å²) in [5.41, 5.74) is 0.919. The lowest BCUT2D eigenvalue weighted by atomic mass is 10.1. The van der Waals surface area contributed by atoms with Crippen molar-refractivity contribution in [3.63, 3.8) is 0 Å². The van der Waals surface area contributed by atoms with Crippen LogP contribution in [0.5, 0.6) is 0 Å². The predicted octanol–water partition coefficient (Wildman–Crippen LogP) is 2.96. The zero-order valence-electron chi connectivity index (χ0n) is 12.3. The minimum absolute atomic E-state index is 0.142. The maximum atomic E-state index is 11.9. The van der Waals surface area contributed by atoms with Crippen LogP contribution in [0.3, 0.4) is 0 Å². The number of aromatic nitrogens is 3. The highest BCUT2D eigenvalue weighted by molar-refractivity contribution is 5.85. The van der Waals surface area contributed by atoms with E-state index >= 15 is 0 Å². The molecule has 1 unspecified atom stereocenters. The Balaban J connectivity index is 2.01. The molecule has 0 aliphatic heterocycles. The molecule has 1 heterocycles.